The van der Waals surface area contributed by atoms with Crippen LogP contribution < -0.4 is 5.32 Å². The summed E-state index contributed by atoms with van der Waals surface area (Å²) in [5.41, 5.74) is 4.48. The number of benzene rings is 1. The summed E-state index contributed by atoms with van der Waals surface area (Å²) in [7, 11) is 2.00. The zero-order valence-corrected chi connectivity index (χ0v) is 11.7. The van der Waals surface area contributed by atoms with E-state index < -0.39 is 0 Å². The third kappa shape index (κ3) is 2.59. The maximum Gasteiger partial charge on any atom is 0.121 e. The number of nitrogens with one attached hydrogen (secondary N) is 1. The Balaban J connectivity index is 1.79. The highest BCUT2D eigenvalue weighted by atomic mass is 16.3. The van der Waals surface area contributed by atoms with Gasteiger partial charge in [-0.2, -0.15) is 0 Å². The Morgan fingerprint density at radius 1 is 1.16 bits per heavy atom. The molecule has 0 saturated heterocycles. The van der Waals surface area contributed by atoms with Crippen LogP contribution in [0.3, 0.4) is 0 Å². The molecular weight excluding hydrogens is 234 g/mol. The lowest BCUT2D eigenvalue weighted by atomic mass is 10.00. The van der Waals surface area contributed by atoms with E-state index in [2.05, 4.69) is 29.6 Å². The third-order valence-electron chi connectivity index (χ3n) is 4.06. The molecule has 2 nitrogen and oxygen atoms in total. The quantitative estimate of drug-likeness (QED) is 0.903. The molecule has 1 aromatic heterocycles. The third-order valence-corrected chi connectivity index (χ3v) is 4.06. The van der Waals surface area contributed by atoms with Crippen LogP contribution in [0.2, 0.25) is 0 Å². The van der Waals surface area contributed by atoms with E-state index in [4.69, 9.17) is 4.42 Å². The Morgan fingerprint density at radius 2 is 2.00 bits per heavy atom. The van der Waals surface area contributed by atoms with Gasteiger partial charge in [0.25, 0.3) is 0 Å². The number of likely N-dealkylation sites (N-methyl/N-ethyl adjacent to an activating group) is 1. The highest BCUT2D eigenvalue weighted by molar-refractivity contribution is 5.36. The summed E-state index contributed by atoms with van der Waals surface area (Å²) in [6.45, 7) is 1.99. The molecule has 1 atom stereocenters. The van der Waals surface area contributed by atoms with Crippen molar-refractivity contribution in [1.29, 1.82) is 0 Å². The minimum Gasteiger partial charge on any atom is -0.465 e. The second-order valence-electron chi connectivity index (χ2n) is 5.45. The van der Waals surface area contributed by atoms with Crippen LogP contribution in [0.1, 0.15) is 40.7 Å². The number of furan rings is 1. The normalized spacial score (nSPS) is 15.5. The first-order valence-electron chi connectivity index (χ1n) is 7.10. The van der Waals surface area contributed by atoms with Gasteiger partial charge in [-0.1, -0.05) is 18.2 Å². The second-order valence-corrected chi connectivity index (χ2v) is 5.45. The summed E-state index contributed by atoms with van der Waals surface area (Å²) in [6, 6.07) is 11.3. The zero-order valence-electron chi connectivity index (χ0n) is 11.7. The van der Waals surface area contributed by atoms with Crippen molar-refractivity contribution >= 4 is 0 Å². The fourth-order valence-electron chi connectivity index (χ4n) is 2.97. The van der Waals surface area contributed by atoms with Crippen LogP contribution >= 0.6 is 0 Å². The monoisotopic (exact) mass is 255 g/mol. The Kier molecular flexibility index (Phi) is 3.43. The van der Waals surface area contributed by atoms with E-state index in [0.717, 1.165) is 17.9 Å². The van der Waals surface area contributed by atoms with E-state index >= 15 is 0 Å². The highest BCUT2D eigenvalue weighted by Gasteiger charge is 2.16. The lowest BCUT2D eigenvalue weighted by Crippen LogP contribution is -2.18. The topological polar surface area (TPSA) is 25.2 Å². The molecular formula is C17H21NO. The van der Waals surface area contributed by atoms with Crippen molar-refractivity contribution in [3.63, 3.8) is 0 Å². The molecule has 1 aliphatic carbocycles. The predicted octanol–water partition coefficient (Wildman–Crippen LogP) is 3.58. The minimum atomic E-state index is 0.258. The summed E-state index contributed by atoms with van der Waals surface area (Å²) in [5.74, 6) is 2.00. The average Bonchev–Trinajstić information content (AvgIpc) is 3.04. The maximum absolute atomic E-state index is 5.74. The average molecular weight is 255 g/mol. The molecule has 0 aliphatic heterocycles. The molecule has 0 spiro atoms. The van der Waals surface area contributed by atoms with Crippen molar-refractivity contribution in [2.24, 2.45) is 0 Å². The number of rotatable bonds is 4. The van der Waals surface area contributed by atoms with Crippen LogP contribution in [0.5, 0.6) is 0 Å². The van der Waals surface area contributed by atoms with Gasteiger partial charge in [-0.05, 0) is 68.5 Å². The Morgan fingerprint density at radius 3 is 2.74 bits per heavy atom. The molecule has 0 amide bonds. The van der Waals surface area contributed by atoms with E-state index in [-0.39, 0.29) is 6.04 Å². The summed E-state index contributed by atoms with van der Waals surface area (Å²) >= 11 is 0. The molecule has 2 aromatic rings. The van der Waals surface area contributed by atoms with Crippen molar-refractivity contribution in [2.75, 3.05) is 7.05 Å². The fourth-order valence-corrected chi connectivity index (χ4v) is 2.97. The van der Waals surface area contributed by atoms with Crippen molar-refractivity contribution in [2.45, 2.75) is 38.6 Å². The van der Waals surface area contributed by atoms with Crippen molar-refractivity contribution < 1.29 is 4.42 Å². The minimum absolute atomic E-state index is 0.258. The molecule has 2 heteroatoms. The van der Waals surface area contributed by atoms with E-state index in [1.54, 1.807) is 11.1 Å². The Hall–Kier alpha value is -1.54. The molecule has 0 radical (unpaired) electrons. The standard InChI is InChI=1S/C17H21NO/c1-12-6-9-17(19-12)16(18-2)11-13-7-8-14-4-3-5-15(14)10-13/h6-10,16,18H,3-5,11H2,1-2H3. The molecule has 3 rings (SSSR count). The SMILES string of the molecule is CNC(Cc1ccc2c(c1)CCC2)c1ccc(C)o1. The van der Waals surface area contributed by atoms with Crippen LogP contribution in [0, 0.1) is 6.92 Å². The molecule has 19 heavy (non-hydrogen) atoms. The van der Waals surface area contributed by atoms with Crippen LogP contribution in [0.25, 0.3) is 0 Å². The van der Waals surface area contributed by atoms with Crippen LogP contribution in [-0.2, 0) is 19.3 Å². The second kappa shape index (κ2) is 5.22. The summed E-state index contributed by atoms with van der Waals surface area (Å²) in [6.07, 6.45) is 4.79. The molecule has 0 bridgehead atoms. The predicted molar refractivity (Wildman–Crippen MR) is 77.4 cm³/mol. The zero-order chi connectivity index (χ0) is 13.2. The molecule has 0 saturated carbocycles. The Bertz CT molecular complexity index is 570. The summed E-state index contributed by atoms with van der Waals surface area (Å²) in [5, 5.41) is 3.35. The molecule has 1 N–H and O–H groups in total. The van der Waals surface area contributed by atoms with Crippen molar-refractivity contribution in [3.8, 4) is 0 Å². The van der Waals surface area contributed by atoms with Gasteiger partial charge in [-0.3, -0.25) is 0 Å². The molecule has 100 valence electrons. The molecule has 1 aromatic carbocycles. The van der Waals surface area contributed by atoms with Gasteiger partial charge < -0.3 is 9.73 Å². The first-order valence-corrected chi connectivity index (χ1v) is 7.10. The maximum atomic E-state index is 5.74. The molecule has 1 aliphatic rings. The van der Waals surface area contributed by atoms with Gasteiger partial charge in [0.05, 0.1) is 6.04 Å². The largest absolute Gasteiger partial charge is 0.465 e. The van der Waals surface area contributed by atoms with Gasteiger partial charge in [0, 0.05) is 0 Å². The van der Waals surface area contributed by atoms with Gasteiger partial charge in [0.2, 0.25) is 0 Å². The smallest absolute Gasteiger partial charge is 0.121 e. The van der Waals surface area contributed by atoms with Gasteiger partial charge in [-0.15, -0.1) is 0 Å². The van der Waals surface area contributed by atoms with E-state index in [1.807, 2.05) is 20.0 Å². The van der Waals surface area contributed by atoms with E-state index in [9.17, 15) is 0 Å². The highest BCUT2D eigenvalue weighted by Crippen LogP contribution is 2.26. The first kappa shape index (κ1) is 12.5. The number of aryl methyl sites for hydroxylation is 3. The van der Waals surface area contributed by atoms with E-state index in [1.165, 1.54) is 24.8 Å². The van der Waals surface area contributed by atoms with Crippen LogP contribution in [0.15, 0.2) is 34.7 Å². The van der Waals surface area contributed by atoms with Crippen molar-refractivity contribution in [3.05, 3.63) is 58.5 Å². The summed E-state index contributed by atoms with van der Waals surface area (Å²) < 4.78 is 5.74. The van der Waals surface area contributed by atoms with Gasteiger partial charge in [-0.25, -0.2) is 0 Å². The van der Waals surface area contributed by atoms with Gasteiger partial charge >= 0.3 is 0 Å². The first-order chi connectivity index (χ1) is 9.26. The van der Waals surface area contributed by atoms with Gasteiger partial charge in [0.1, 0.15) is 11.5 Å². The molecule has 0 fully saturated rings. The molecule has 1 unspecified atom stereocenters. The lowest BCUT2D eigenvalue weighted by Gasteiger charge is -2.14. The van der Waals surface area contributed by atoms with Gasteiger partial charge in [0.15, 0.2) is 0 Å². The fraction of sp³-hybridized carbons (Fsp3) is 0.412. The number of fused-ring (bicyclic) bond motifs is 1. The lowest BCUT2D eigenvalue weighted by molar-refractivity contribution is 0.414. The van der Waals surface area contributed by atoms with Crippen molar-refractivity contribution in [1.82, 2.24) is 5.32 Å². The van der Waals surface area contributed by atoms with Crippen LogP contribution in [-0.4, -0.2) is 7.05 Å². The summed E-state index contributed by atoms with van der Waals surface area (Å²) in [4.78, 5) is 0. The van der Waals surface area contributed by atoms with E-state index in [0.29, 0.717) is 0 Å². The number of hydrogen-bond acceptors (Lipinski definition) is 2. The van der Waals surface area contributed by atoms with Crippen LogP contribution in [0.4, 0.5) is 0 Å². The number of hydrogen-bond donors (Lipinski definition) is 1. The Labute approximate surface area is 114 Å². The molecule has 1 heterocycles.